The van der Waals surface area contributed by atoms with E-state index in [1.807, 2.05) is 0 Å². The first-order chi connectivity index (χ1) is 7.83. The monoisotopic (exact) mass is 268 g/mol. The summed E-state index contributed by atoms with van der Waals surface area (Å²) in [6.07, 6.45) is -4.84. The lowest BCUT2D eigenvalue weighted by atomic mass is 10.1. The van der Waals surface area contributed by atoms with E-state index in [0.29, 0.717) is 0 Å². The standard InChI is InChI=1S/C10H8ClF3O3/c11-4-3-8(15)7-2-1-6(5-9(7)16)17-10(12,13)14/h1-2,5,16H,3-4H2. The van der Waals surface area contributed by atoms with Gasteiger partial charge in [-0.25, -0.2) is 0 Å². The Morgan fingerprint density at radius 1 is 1.41 bits per heavy atom. The molecule has 0 bridgehead atoms. The summed E-state index contributed by atoms with van der Waals surface area (Å²) in [5.41, 5.74) is -0.0832. The van der Waals surface area contributed by atoms with Gasteiger partial charge in [-0.15, -0.1) is 24.8 Å². The Morgan fingerprint density at radius 3 is 2.53 bits per heavy atom. The first-order valence-electron chi connectivity index (χ1n) is 4.51. The third-order valence-electron chi connectivity index (χ3n) is 1.82. The van der Waals surface area contributed by atoms with E-state index in [0.717, 1.165) is 18.2 Å². The maximum Gasteiger partial charge on any atom is 0.573 e. The van der Waals surface area contributed by atoms with Gasteiger partial charge in [0.05, 0.1) is 5.56 Å². The molecule has 0 saturated heterocycles. The minimum Gasteiger partial charge on any atom is -0.507 e. The summed E-state index contributed by atoms with van der Waals surface area (Å²) >= 11 is 5.34. The van der Waals surface area contributed by atoms with E-state index in [1.54, 1.807) is 0 Å². The number of alkyl halides is 4. The van der Waals surface area contributed by atoms with Crippen LogP contribution in [0.2, 0.25) is 0 Å². The number of carbonyl (C=O) groups excluding carboxylic acids is 1. The minimum absolute atomic E-state index is 0.00537. The zero-order valence-corrected chi connectivity index (χ0v) is 9.18. The topological polar surface area (TPSA) is 46.5 Å². The molecule has 0 amide bonds. The number of benzene rings is 1. The molecule has 0 unspecified atom stereocenters. The average molecular weight is 269 g/mol. The fraction of sp³-hybridized carbons (Fsp3) is 0.300. The van der Waals surface area contributed by atoms with Gasteiger partial charge in [0.15, 0.2) is 5.78 Å². The second kappa shape index (κ2) is 5.27. The van der Waals surface area contributed by atoms with Gasteiger partial charge >= 0.3 is 6.36 Å². The number of carbonyl (C=O) groups is 1. The van der Waals surface area contributed by atoms with Gasteiger partial charge in [-0.2, -0.15) is 0 Å². The lowest BCUT2D eigenvalue weighted by molar-refractivity contribution is -0.274. The van der Waals surface area contributed by atoms with Crippen molar-refractivity contribution in [1.29, 1.82) is 0 Å². The number of phenolic OH excluding ortho intramolecular Hbond substituents is 1. The lowest BCUT2D eigenvalue weighted by Crippen LogP contribution is -2.17. The van der Waals surface area contributed by atoms with Crippen molar-refractivity contribution in [3.63, 3.8) is 0 Å². The van der Waals surface area contributed by atoms with Crippen molar-refractivity contribution in [2.75, 3.05) is 5.88 Å². The molecule has 0 aromatic heterocycles. The van der Waals surface area contributed by atoms with Crippen LogP contribution in [0.15, 0.2) is 18.2 Å². The maximum atomic E-state index is 11.9. The third kappa shape index (κ3) is 4.14. The molecular weight excluding hydrogens is 261 g/mol. The van der Waals surface area contributed by atoms with Crippen LogP contribution in [0.25, 0.3) is 0 Å². The first kappa shape index (κ1) is 13.6. The number of halogens is 4. The summed E-state index contributed by atoms with van der Waals surface area (Å²) in [4.78, 5) is 11.4. The molecule has 0 atom stereocenters. The predicted molar refractivity (Wildman–Crippen MR) is 54.5 cm³/mol. The Kier molecular flexibility index (Phi) is 4.22. The van der Waals surface area contributed by atoms with Crippen molar-refractivity contribution in [2.24, 2.45) is 0 Å². The van der Waals surface area contributed by atoms with Crippen molar-refractivity contribution < 1.29 is 27.8 Å². The quantitative estimate of drug-likeness (QED) is 0.674. The Bertz CT molecular complexity index is 418. The molecule has 1 aromatic carbocycles. The molecule has 1 rings (SSSR count). The van der Waals surface area contributed by atoms with E-state index < -0.39 is 23.6 Å². The molecule has 0 saturated carbocycles. The summed E-state index contributed by atoms with van der Waals surface area (Å²) in [6, 6.07) is 2.74. The van der Waals surface area contributed by atoms with Gasteiger partial charge < -0.3 is 9.84 Å². The summed E-state index contributed by atoms with van der Waals surface area (Å²) in [5, 5.41) is 9.37. The summed E-state index contributed by atoms with van der Waals surface area (Å²) in [7, 11) is 0. The normalized spacial score (nSPS) is 11.3. The second-order valence-corrected chi connectivity index (χ2v) is 3.47. The fourth-order valence-electron chi connectivity index (χ4n) is 1.16. The van der Waals surface area contributed by atoms with Crippen LogP contribution in [0.1, 0.15) is 16.8 Å². The molecule has 0 heterocycles. The van der Waals surface area contributed by atoms with Crippen LogP contribution < -0.4 is 4.74 Å². The van der Waals surface area contributed by atoms with Crippen molar-refractivity contribution in [3.8, 4) is 11.5 Å². The summed E-state index contributed by atoms with van der Waals surface area (Å²) < 4.78 is 39.2. The smallest absolute Gasteiger partial charge is 0.507 e. The van der Waals surface area contributed by atoms with Crippen molar-refractivity contribution in [3.05, 3.63) is 23.8 Å². The number of ketones is 1. The Balaban J connectivity index is 2.90. The van der Waals surface area contributed by atoms with E-state index in [-0.39, 0.29) is 17.9 Å². The van der Waals surface area contributed by atoms with Gasteiger partial charge in [0.2, 0.25) is 0 Å². The molecule has 7 heteroatoms. The van der Waals surface area contributed by atoms with Gasteiger partial charge in [0.25, 0.3) is 0 Å². The highest BCUT2D eigenvalue weighted by atomic mass is 35.5. The van der Waals surface area contributed by atoms with Crippen LogP contribution in [0, 0.1) is 0 Å². The van der Waals surface area contributed by atoms with E-state index in [9.17, 15) is 23.1 Å². The largest absolute Gasteiger partial charge is 0.573 e. The predicted octanol–water partition coefficient (Wildman–Crippen LogP) is 3.10. The summed E-state index contributed by atoms with van der Waals surface area (Å²) in [5.74, 6) is -1.53. The Labute approximate surface area is 99.8 Å². The van der Waals surface area contributed by atoms with Crippen LogP contribution in [-0.4, -0.2) is 23.1 Å². The SMILES string of the molecule is O=C(CCCl)c1ccc(OC(F)(F)F)cc1O. The highest BCUT2D eigenvalue weighted by molar-refractivity contribution is 6.19. The highest BCUT2D eigenvalue weighted by Crippen LogP contribution is 2.28. The zero-order chi connectivity index (χ0) is 13.1. The van der Waals surface area contributed by atoms with Gasteiger partial charge in [-0.05, 0) is 12.1 Å². The minimum atomic E-state index is -4.84. The molecule has 94 valence electrons. The maximum absolute atomic E-state index is 11.9. The molecule has 0 radical (unpaired) electrons. The van der Waals surface area contributed by atoms with E-state index >= 15 is 0 Å². The molecule has 0 spiro atoms. The van der Waals surface area contributed by atoms with Crippen LogP contribution >= 0.6 is 11.6 Å². The average Bonchev–Trinajstić information content (AvgIpc) is 2.15. The molecule has 3 nitrogen and oxygen atoms in total. The Morgan fingerprint density at radius 2 is 2.06 bits per heavy atom. The zero-order valence-electron chi connectivity index (χ0n) is 8.42. The fourth-order valence-corrected chi connectivity index (χ4v) is 1.34. The molecule has 0 aliphatic carbocycles. The number of Topliss-reactive ketones (excluding diaryl/α,β-unsaturated/α-hetero) is 1. The second-order valence-electron chi connectivity index (χ2n) is 3.09. The van der Waals surface area contributed by atoms with Gasteiger partial charge in [0, 0.05) is 18.4 Å². The van der Waals surface area contributed by atoms with E-state index in [4.69, 9.17) is 11.6 Å². The van der Waals surface area contributed by atoms with Crippen LogP contribution in [-0.2, 0) is 0 Å². The molecule has 17 heavy (non-hydrogen) atoms. The molecule has 1 N–H and O–H groups in total. The van der Waals surface area contributed by atoms with E-state index in [2.05, 4.69) is 4.74 Å². The number of ether oxygens (including phenoxy) is 1. The van der Waals surface area contributed by atoms with Crippen LogP contribution in [0.5, 0.6) is 11.5 Å². The molecule has 0 aliphatic rings. The first-order valence-corrected chi connectivity index (χ1v) is 5.05. The lowest BCUT2D eigenvalue weighted by Gasteiger charge is -2.10. The number of phenols is 1. The van der Waals surface area contributed by atoms with Crippen LogP contribution in [0.4, 0.5) is 13.2 Å². The summed E-state index contributed by atoms with van der Waals surface area (Å²) in [6.45, 7) is 0. The molecular formula is C10H8ClF3O3. The number of rotatable bonds is 4. The van der Waals surface area contributed by atoms with Crippen molar-refractivity contribution in [1.82, 2.24) is 0 Å². The van der Waals surface area contributed by atoms with Crippen molar-refractivity contribution in [2.45, 2.75) is 12.8 Å². The van der Waals surface area contributed by atoms with Gasteiger partial charge in [-0.3, -0.25) is 4.79 Å². The van der Waals surface area contributed by atoms with Crippen LogP contribution in [0.3, 0.4) is 0 Å². The van der Waals surface area contributed by atoms with Crippen molar-refractivity contribution >= 4 is 17.4 Å². The Hall–Kier alpha value is -1.43. The highest BCUT2D eigenvalue weighted by Gasteiger charge is 2.31. The van der Waals surface area contributed by atoms with Gasteiger partial charge in [-0.1, -0.05) is 0 Å². The number of hydrogen-bond acceptors (Lipinski definition) is 3. The van der Waals surface area contributed by atoms with E-state index in [1.165, 1.54) is 0 Å². The molecule has 0 aliphatic heterocycles. The molecule has 0 fully saturated rings. The molecule has 1 aromatic rings. The third-order valence-corrected chi connectivity index (χ3v) is 2.01. The number of aromatic hydroxyl groups is 1. The van der Waals surface area contributed by atoms with Gasteiger partial charge in [0.1, 0.15) is 11.5 Å². The number of hydrogen-bond donors (Lipinski definition) is 1.